The van der Waals surface area contributed by atoms with E-state index in [-0.39, 0.29) is 25.2 Å². The van der Waals surface area contributed by atoms with E-state index in [0.717, 1.165) is 0 Å². The summed E-state index contributed by atoms with van der Waals surface area (Å²) in [4.78, 5) is 27.9. The van der Waals surface area contributed by atoms with Crippen LogP contribution in [0.3, 0.4) is 0 Å². The summed E-state index contributed by atoms with van der Waals surface area (Å²) in [5, 5.41) is 28.0. The van der Waals surface area contributed by atoms with E-state index in [1.54, 1.807) is 45.6 Å². The lowest BCUT2D eigenvalue weighted by Gasteiger charge is -2.45. The molecular weight excluding hydrogens is 314 g/mol. The molecule has 1 rings (SSSR count). The first-order valence-electron chi connectivity index (χ1n) is 7.95. The summed E-state index contributed by atoms with van der Waals surface area (Å²) in [5.41, 5.74) is -2.47. The zero-order valence-electron chi connectivity index (χ0n) is 14.9. The topological polar surface area (TPSA) is 114 Å². The minimum absolute atomic E-state index is 0.197. The summed E-state index contributed by atoms with van der Waals surface area (Å²) in [6.07, 6.45) is -0.454. The fourth-order valence-corrected chi connectivity index (χ4v) is 2.56. The predicted octanol–water partition coefficient (Wildman–Crippen LogP) is 0.337. The van der Waals surface area contributed by atoms with Crippen molar-refractivity contribution in [3.63, 3.8) is 0 Å². The highest BCUT2D eigenvalue weighted by Crippen LogP contribution is 2.25. The summed E-state index contributed by atoms with van der Waals surface area (Å²) in [6, 6.07) is 1.04. The Hall–Kier alpha value is -1.85. The molecule has 1 heterocycles. The van der Waals surface area contributed by atoms with Crippen LogP contribution in [0.25, 0.3) is 0 Å². The van der Waals surface area contributed by atoms with E-state index in [9.17, 15) is 25.1 Å². The first kappa shape index (κ1) is 20.2. The van der Waals surface area contributed by atoms with Crippen LogP contribution in [-0.4, -0.2) is 76.0 Å². The van der Waals surface area contributed by atoms with Crippen molar-refractivity contribution in [2.24, 2.45) is 5.41 Å². The lowest BCUT2D eigenvalue weighted by atomic mass is 9.89. The van der Waals surface area contributed by atoms with Gasteiger partial charge in [-0.15, -0.1) is 0 Å². The van der Waals surface area contributed by atoms with Crippen LogP contribution in [0.5, 0.6) is 0 Å². The minimum Gasteiger partial charge on any atom is -0.444 e. The van der Waals surface area contributed by atoms with Crippen molar-refractivity contribution in [3.05, 3.63) is 0 Å². The molecule has 0 radical (unpaired) electrons. The number of nitrogens with zero attached hydrogens (tertiary/aromatic N) is 3. The Labute approximate surface area is 142 Å². The van der Waals surface area contributed by atoms with Gasteiger partial charge in [-0.3, -0.25) is 4.79 Å². The zero-order chi connectivity index (χ0) is 18.7. The summed E-state index contributed by atoms with van der Waals surface area (Å²) < 4.78 is 5.37. The van der Waals surface area contributed by atoms with Crippen molar-refractivity contribution in [2.75, 3.05) is 26.3 Å². The average molecular weight is 341 g/mol. The van der Waals surface area contributed by atoms with E-state index >= 15 is 0 Å². The van der Waals surface area contributed by atoms with Gasteiger partial charge in [-0.05, 0) is 34.6 Å². The molecule has 0 aromatic carbocycles. The minimum atomic E-state index is -1.86. The molecule has 0 spiro atoms. The fourth-order valence-electron chi connectivity index (χ4n) is 2.56. The van der Waals surface area contributed by atoms with Crippen LogP contribution in [0.15, 0.2) is 0 Å². The number of piperazine rings is 1. The lowest BCUT2D eigenvalue weighted by molar-refractivity contribution is -0.149. The molecule has 2 atom stereocenters. The molecule has 1 fully saturated rings. The van der Waals surface area contributed by atoms with Crippen LogP contribution in [0.4, 0.5) is 4.79 Å². The average Bonchev–Trinajstić information content (AvgIpc) is 2.49. The van der Waals surface area contributed by atoms with Crippen LogP contribution < -0.4 is 0 Å². The SMILES string of the molecule is C[C@@H]1CN(C(=O)OC(C)(C)C)[C@@H](C)CN1C(=O)C(C#N)(CO)CO. The number of aliphatic hydroxyl groups excluding tert-OH is 2. The normalized spacial score (nSPS) is 22.1. The van der Waals surface area contributed by atoms with Crippen molar-refractivity contribution in [3.8, 4) is 6.07 Å². The number of aliphatic hydroxyl groups is 2. The number of nitriles is 1. The Morgan fingerprint density at radius 2 is 1.58 bits per heavy atom. The van der Waals surface area contributed by atoms with Gasteiger partial charge in [-0.25, -0.2) is 4.79 Å². The molecule has 1 aliphatic heterocycles. The summed E-state index contributed by atoms with van der Waals surface area (Å²) in [5.74, 6) is -0.627. The van der Waals surface area contributed by atoms with E-state index in [4.69, 9.17) is 4.74 Å². The maximum absolute atomic E-state index is 12.6. The van der Waals surface area contributed by atoms with Crippen LogP contribution in [-0.2, 0) is 9.53 Å². The van der Waals surface area contributed by atoms with Gasteiger partial charge >= 0.3 is 6.09 Å². The van der Waals surface area contributed by atoms with Crippen LogP contribution in [0.2, 0.25) is 0 Å². The van der Waals surface area contributed by atoms with E-state index in [1.165, 1.54) is 4.90 Å². The maximum Gasteiger partial charge on any atom is 0.410 e. The molecule has 0 aromatic heterocycles. The summed E-state index contributed by atoms with van der Waals surface area (Å²) in [6.45, 7) is 7.80. The molecule has 2 N–H and O–H groups in total. The summed E-state index contributed by atoms with van der Waals surface area (Å²) >= 11 is 0. The fraction of sp³-hybridized carbons (Fsp3) is 0.812. The van der Waals surface area contributed by atoms with Gasteiger partial charge in [-0.1, -0.05) is 0 Å². The Morgan fingerprint density at radius 1 is 1.12 bits per heavy atom. The van der Waals surface area contributed by atoms with Crippen molar-refractivity contribution in [1.29, 1.82) is 5.26 Å². The molecule has 0 aromatic rings. The molecule has 8 heteroatoms. The molecular formula is C16H27N3O5. The Bertz CT molecular complexity index is 519. The largest absolute Gasteiger partial charge is 0.444 e. The van der Waals surface area contributed by atoms with Gasteiger partial charge in [0, 0.05) is 25.2 Å². The highest BCUT2D eigenvalue weighted by Gasteiger charge is 2.45. The highest BCUT2D eigenvalue weighted by molar-refractivity contribution is 5.86. The zero-order valence-corrected chi connectivity index (χ0v) is 14.9. The van der Waals surface area contributed by atoms with Crippen molar-refractivity contribution in [2.45, 2.75) is 52.3 Å². The number of rotatable bonds is 3. The van der Waals surface area contributed by atoms with E-state index in [0.29, 0.717) is 0 Å². The van der Waals surface area contributed by atoms with E-state index < -0.39 is 36.2 Å². The highest BCUT2D eigenvalue weighted by atomic mass is 16.6. The monoisotopic (exact) mass is 341 g/mol. The number of hydrogen-bond acceptors (Lipinski definition) is 6. The standard InChI is InChI=1S/C16H27N3O5/c1-11-7-19(14(23)24-15(3,4)5)12(2)6-18(11)13(22)16(8-17,9-20)10-21/h11-12,20-21H,6-7,9-10H2,1-5H3/t11-,12+/m1/s1. The molecule has 1 aliphatic rings. The molecule has 2 amide bonds. The van der Waals surface area contributed by atoms with E-state index in [1.807, 2.05) is 0 Å². The Balaban J connectivity index is 2.92. The number of carbonyl (C=O) groups excluding carboxylic acids is 2. The van der Waals surface area contributed by atoms with Gasteiger partial charge in [-0.2, -0.15) is 5.26 Å². The molecule has 0 aliphatic carbocycles. The number of hydrogen-bond donors (Lipinski definition) is 2. The van der Waals surface area contributed by atoms with Crippen molar-refractivity contribution in [1.82, 2.24) is 9.80 Å². The number of amides is 2. The van der Waals surface area contributed by atoms with Gasteiger partial charge in [0.2, 0.25) is 5.91 Å². The maximum atomic E-state index is 12.6. The smallest absolute Gasteiger partial charge is 0.410 e. The van der Waals surface area contributed by atoms with Gasteiger partial charge in [0.05, 0.1) is 19.3 Å². The third-order valence-corrected chi connectivity index (χ3v) is 4.04. The quantitative estimate of drug-likeness (QED) is 0.765. The first-order valence-corrected chi connectivity index (χ1v) is 7.95. The van der Waals surface area contributed by atoms with Crippen LogP contribution in [0, 0.1) is 16.7 Å². The predicted molar refractivity (Wildman–Crippen MR) is 85.8 cm³/mol. The second kappa shape index (κ2) is 7.36. The summed E-state index contributed by atoms with van der Waals surface area (Å²) in [7, 11) is 0. The molecule has 1 saturated heterocycles. The third-order valence-electron chi connectivity index (χ3n) is 4.04. The molecule has 0 unspecified atom stereocenters. The van der Waals surface area contributed by atoms with Crippen LogP contribution >= 0.6 is 0 Å². The van der Waals surface area contributed by atoms with Gasteiger partial charge in [0.1, 0.15) is 5.60 Å². The molecule has 0 bridgehead atoms. The first-order chi connectivity index (χ1) is 11.0. The third kappa shape index (κ3) is 4.16. The lowest BCUT2D eigenvalue weighted by Crippen LogP contribution is -2.63. The van der Waals surface area contributed by atoms with E-state index in [2.05, 4.69) is 0 Å². The molecule has 136 valence electrons. The number of carbonyl (C=O) groups is 2. The Kier molecular flexibility index (Phi) is 6.20. The second-order valence-corrected chi connectivity index (χ2v) is 7.30. The molecule has 0 saturated carbocycles. The van der Waals surface area contributed by atoms with Crippen molar-refractivity contribution < 1.29 is 24.5 Å². The van der Waals surface area contributed by atoms with Gasteiger partial charge in [0.25, 0.3) is 0 Å². The van der Waals surface area contributed by atoms with Gasteiger partial charge in [0.15, 0.2) is 5.41 Å². The second-order valence-electron chi connectivity index (χ2n) is 7.30. The molecule has 24 heavy (non-hydrogen) atoms. The number of ether oxygens (including phenoxy) is 1. The molecule has 8 nitrogen and oxygen atoms in total. The Morgan fingerprint density at radius 3 is 2.00 bits per heavy atom. The van der Waals surface area contributed by atoms with Crippen molar-refractivity contribution >= 4 is 12.0 Å². The van der Waals surface area contributed by atoms with Gasteiger partial charge < -0.3 is 24.7 Å². The van der Waals surface area contributed by atoms with Crippen LogP contribution in [0.1, 0.15) is 34.6 Å².